The highest BCUT2D eigenvalue weighted by molar-refractivity contribution is 7.61. The van der Waals surface area contributed by atoms with Gasteiger partial charge in [0.1, 0.15) is 18.3 Å². The molecule has 36 heavy (non-hydrogen) atoms. The molecule has 3 heterocycles. The molecule has 7 atom stereocenters. The molecule has 4 unspecified atom stereocenters. The number of H-pyrrole nitrogens is 1. The van der Waals surface area contributed by atoms with Gasteiger partial charge in [-0.3, -0.25) is 23.4 Å². The van der Waals surface area contributed by atoms with Gasteiger partial charge in [0.15, 0.2) is 12.5 Å². The van der Waals surface area contributed by atoms with Crippen LogP contribution in [0.4, 0.5) is 0 Å². The van der Waals surface area contributed by atoms with Gasteiger partial charge in [0, 0.05) is 18.7 Å². The highest BCUT2D eigenvalue weighted by atomic mass is 31.3. The summed E-state index contributed by atoms with van der Waals surface area (Å²) in [6.45, 7) is 0.882. The Morgan fingerprint density at radius 3 is 2.39 bits per heavy atom. The summed E-state index contributed by atoms with van der Waals surface area (Å²) in [5.41, 5.74) is -0.435. The molecule has 0 spiro atoms. The number of rotatable bonds is 11. The van der Waals surface area contributed by atoms with Crippen LogP contribution in [0, 0.1) is 0 Å². The lowest BCUT2D eigenvalue weighted by Crippen LogP contribution is -2.36. The smallest absolute Gasteiger partial charge is 0.346 e. The van der Waals surface area contributed by atoms with Crippen LogP contribution in [0.5, 0.6) is 0 Å². The van der Waals surface area contributed by atoms with Crippen molar-refractivity contribution in [3.05, 3.63) is 69.0 Å². The molecule has 14 nitrogen and oxygen atoms in total. The molecule has 1 aromatic heterocycles. The second kappa shape index (κ2) is 11.2. The zero-order chi connectivity index (χ0) is 25.9. The molecule has 0 bridgehead atoms. The summed E-state index contributed by atoms with van der Waals surface area (Å²) in [5, 5.41) is 0. The standard InChI is InChI=1S/C20H26N2O12P2/c1-2-10-29-35(25,26)34-36(27,28)30-12-14-17-18(19(31-14)22-9-8-15(23)21-20(22)24)33-16(32-17)11-13-6-4-3-5-7-13/h3-9,14,16-19H,2,10-12H2,1H3,(H,25,26)(H,27,28)(H,21,23,24)/t14-,16?,17?,18+,19-/m1/s1. The number of phosphoric acid groups is 2. The van der Waals surface area contributed by atoms with E-state index in [-0.39, 0.29) is 6.61 Å². The van der Waals surface area contributed by atoms with Crippen LogP contribution in [-0.4, -0.2) is 57.2 Å². The molecule has 2 aromatic rings. The Bertz CT molecular complexity index is 1250. The Balaban J connectivity index is 1.50. The van der Waals surface area contributed by atoms with E-state index in [9.17, 15) is 28.5 Å². The van der Waals surface area contributed by atoms with Gasteiger partial charge >= 0.3 is 21.3 Å². The zero-order valence-electron chi connectivity index (χ0n) is 19.1. The first kappa shape index (κ1) is 27.1. The normalized spacial score (nSPS) is 28.9. The van der Waals surface area contributed by atoms with Crippen molar-refractivity contribution in [1.82, 2.24) is 9.55 Å². The van der Waals surface area contributed by atoms with Crippen LogP contribution in [0.3, 0.4) is 0 Å². The van der Waals surface area contributed by atoms with Gasteiger partial charge in [-0.15, -0.1) is 0 Å². The van der Waals surface area contributed by atoms with E-state index in [0.29, 0.717) is 12.8 Å². The van der Waals surface area contributed by atoms with E-state index in [4.69, 9.17) is 18.7 Å². The van der Waals surface area contributed by atoms with Crippen molar-refractivity contribution >= 4 is 15.6 Å². The van der Waals surface area contributed by atoms with Gasteiger partial charge in [0.2, 0.25) is 0 Å². The van der Waals surface area contributed by atoms with Crippen molar-refractivity contribution in [2.75, 3.05) is 13.2 Å². The Morgan fingerprint density at radius 1 is 1.00 bits per heavy atom. The Hall–Kier alpha value is -1.96. The molecule has 0 amide bonds. The van der Waals surface area contributed by atoms with Crippen molar-refractivity contribution in [2.45, 2.75) is 50.6 Å². The number of ether oxygens (including phenoxy) is 3. The number of phosphoric ester groups is 2. The number of hydrogen-bond donors (Lipinski definition) is 3. The fourth-order valence-corrected chi connectivity index (χ4v) is 6.01. The van der Waals surface area contributed by atoms with Gasteiger partial charge in [-0.2, -0.15) is 4.31 Å². The molecule has 1 aromatic carbocycles. The quantitative estimate of drug-likeness (QED) is 0.344. The number of nitrogens with zero attached hydrogens (tertiary/aromatic N) is 1. The molecule has 0 radical (unpaired) electrons. The molecular weight excluding hydrogens is 522 g/mol. The van der Waals surface area contributed by atoms with Gasteiger partial charge in [0.25, 0.3) is 5.56 Å². The highest BCUT2D eigenvalue weighted by Gasteiger charge is 2.54. The molecule has 0 aliphatic carbocycles. The topological polar surface area (TPSA) is 185 Å². The van der Waals surface area contributed by atoms with E-state index in [1.54, 1.807) is 6.92 Å². The number of fused-ring (bicyclic) bond motifs is 1. The summed E-state index contributed by atoms with van der Waals surface area (Å²) in [5.74, 6) is 0. The Morgan fingerprint density at radius 2 is 1.69 bits per heavy atom. The fourth-order valence-electron chi connectivity index (χ4n) is 3.84. The lowest BCUT2D eigenvalue weighted by Gasteiger charge is -2.22. The van der Waals surface area contributed by atoms with Crippen molar-refractivity contribution in [1.29, 1.82) is 0 Å². The molecule has 3 N–H and O–H groups in total. The molecule has 2 aliphatic rings. The van der Waals surface area contributed by atoms with Crippen LogP contribution in [0.15, 0.2) is 52.2 Å². The van der Waals surface area contributed by atoms with E-state index in [2.05, 4.69) is 13.8 Å². The highest BCUT2D eigenvalue weighted by Crippen LogP contribution is 2.60. The predicted octanol–water partition coefficient (Wildman–Crippen LogP) is 1.45. The predicted molar refractivity (Wildman–Crippen MR) is 122 cm³/mol. The first-order chi connectivity index (χ1) is 17.1. The minimum atomic E-state index is -5.05. The molecule has 2 saturated heterocycles. The second-order valence-corrected chi connectivity index (χ2v) is 11.1. The van der Waals surface area contributed by atoms with Gasteiger partial charge in [-0.25, -0.2) is 13.9 Å². The van der Waals surface area contributed by atoms with Crippen LogP contribution >= 0.6 is 15.6 Å². The third-order valence-corrected chi connectivity index (χ3v) is 7.98. The summed E-state index contributed by atoms with van der Waals surface area (Å²) in [6.07, 6.45) is -2.55. The summed E-state index contributed by atoms with van der Waals surface area (Å²) < 4.78 is 56.8. The van der Waals surface area contributed by atoms with E-state index in [1.807, 2.05) is 30.3 Å². The number of aromatic nitrogens is 2. The van der Waals surface area contributed by atoms with E-state index < -0.39 is 64.3 Å². The Kier molecular flexibility index (Phi) is 8.42. The van der Waals surface area contributed by atoms with Crippen molar-refractivity contribution in [3.63, 3.8) is 0 Å². The van der Waals surface area contributed by atoms with Crippen LogP contribution in [0.1, 0.15) is 25.1 Å². The molecule has 0 saturated carbocycles. The first-order valence-electron chi connectivity index (χ1n) is 11.0. The van der Waals surface area contributed by atoms with Crippen LogP contribution in [-0.2, 0) is 43.1 Å². The van der Waals surface area contributed by atoms with Crippen molar-refractivity contribution < 1.29 is 46.5 Å². The number of hydrogen-bond acceptors (Lipinski definition) is 10. The van der Waals surface area contributed by atoms with Gasteiger partial charge in [-0.1, -0.05) is 37.3 Å². The Labute approximate surface area is 204 Å². The average molecular weight is 548 g/mol. The minimum Gasteiger partial charge on any atom is -0.346 e. The van der Waals surface area contributed by atoms with Crippen molar-refractivity contribution in [2.24, 2.45) is 0 Å². The summed E-state index contributed by atoms with van der Waals surface area (Å²) in [6, 6.07) is 10.5. The second-order valence-electron chi connectivity index (χ2n) is 8.05. The third kappa shape index (κ3) is 6.67. The number of aromatic amines is 1. The monoisotopic (exact) mass is 548 g/mol. The third-order valence-electron chi connectivity index (χ3n) is 5.34. The summed E-state index contributed by atoms with van der Waals surface area (Å²) in [4.78, 5) is 45.5. The molecule has 2 fully saturated rings. The van der Waals surface area contributed by atoms with Gasteiger partial charge < -0.3 is 24.0 Å². The zero-order valence-corrected chi connectivity index (χ0v) is 20.9. The maximum atomic E-state index is 12.4. The lowest BCUT2D eigenvalue weighted by molar-refractivity contribution is -0.150. The maximum absolute atomic E-state index is 12.4. The minimum absolute atomic E-state index is 0.174. The molecule has 16 heteroatoms. The van der Waals surface area contributed by atoms with Crippen LogP contribution in [0.25, 0.3) is 0 Å². The van der Waals surface area contributed by atoms with Gasteiger partial charge in [0.05, 0.1) is 13.2 Å². The van der Waals surface area contributed by atoms with Crippen molar-refractivity contribution in [3.8, 4) is 0 Å². The molecular formula is C20H26N2O12P2. The maximum Gasteiger partial charge on any atom is 0.481 e. The lowest BCUT2D eigenvalue weighted by atomic mass is 10.1. The largest absolute Gasteiger partial charge is 0.481 e. The molecule has 198 valence electrons. The van der Waals surface area contributed by atoms with E-state index >= 15 is 0 Å². The first-order valence-corrected chi connectivity index (χ1v) is 14.0. The van der Waals surface area contributed by atoms with E-state index in [1.165, 1.54) is 6.20 Å². The summed E-state index contributed by atoms with van der Waals surface area (Å²) in [7, 11) is -9.90. The van der Waals surface area contributed by atoms with Gasteiger partial charge in [-0.05, 0) is 12.0 Å². The van der Waals surface area contributed by atoms with E-state index in [0.717, 1.165) is 16.2 Å². The molecule has 2 aliphatic heterocycles. The number of nitrogens with one attached hydrogen (secondary N) is 1. The summed E-state index contributed by atoms with van der Waals surface area (Å²) >= 11 is 0. The number of benzene rings is 1. The van der Waals surface area contributed by atoms with Crippen LogP contribution in [0.2, 0.25) is 0 Å². The average Bonchev–Trinajstić information content (AvgIpc) is 3.35. The van der Waals surface area contributed by atoms with Crippen LogP contribution < -0.4 is 11.2 Å². The molecule has 4 rings (SSSR count). The fraction of sp³-hybridized carbons (Fsp3) is 0.500. The SMILES string of the molecule is CCCOP(=O)(O)OP(=O)(O)OC[C@H]1O[C@@H](n2ccc(=O)[nH]c2=O)[C@H]2OC(Cc3ccccc3)OC12.